The molecule has 1 aliphatic heterocycles. The summed E-state index contributed by atoms with van der Waals surface area (Å²) in [7, 11) is 2.21. The van der Waals surface area contributed by atoms with Crippen LogP contribution in [0.5, 0.6) is 0 Å². The van der Waals surface area contributed by atoms with Crippen LogP contribution >= 0.6 is 0 Å². The molecule has 1 aromatic rings. The van der Waals surface area contributed by atoms with Gasteiger partial charge in [-0.25, -0.2) is 4.79 Å². The second-order valence-corrected chi connectivity index (χ2v) is 9.17. The lowest BCUT2D eigenvalue weighted by atomic mass is 9.44. The molecule has 2 heterocycles. The number of hydrogen-bond donors (Lipinski definition) is 1. The third-order valence-electron chi connectivity index (χ3n) is 7.88. The summed E-state index contributed by atoms with van der Waals surface area (Å²) in [5.74, 6) is -4.23. The summed E-state index contributed by atoms with van der Waals surface area (Å²) in [4.78, 5) is 52.1. The lowest BCUT2D eigenvalue weighted by molar-refractivity contribution is -0.247. The first kappa shape index (κ1) is 24.0. The van der Waals surface area contributed by atoms with Crippen molar-refractivity contribution >= 4 is 23.9 Å². The Morgan fingerprint density at radius 2 is 1.85 bits per heavy atom. The third-order valence-corrected chi connectivity index (χ3v) is 7.88. The van der Waals surface area contributed by atoms with E-state index >= 15 is 0 Å². The molecule has 0 aromatic carbocycles. The maximum Gasteiger partial charge on any atom is 0.343 e. The highest BCUT2D eigenvalue weighted by atomic mass is 16.6. The maximum absolute atomic E-state index is 13.6. The van der Waals surface area contributed by atoms with Gasteiger partial charge in [-0.3, -0.25) is 14.4 Å². The number of allylic oxidation sites excluding steroid dienone is 1. The second-order valence-electron chi connectivity index (χ2n) is 9.17. The van der Waals surface area contributed by atoms with Crippen molar-refractivity contribution < 1.29 is 47.6 Å². The Hall–Kier alpha value is -3.14. The molecule has 2 fully saturated rings. The minimum Gasteiger partial charge on any atom is -0.472 e. The van der Waals surface area contributed by atoms with E-state index in [0.29, 0.717) is 11.1 Å². The molecule has 4 rings (SSSR count). The van der Waals surface area contributed by atoms with Crippen molar-refractivity contribution in [2.45, 2.75) is 57.3 Å². The van der Waals surface area contributed by atoms with E-state index in [1.807, 2.05) is 0 Å². The Kier molecular flexibility index (Phi) is 5.83. The van der Waals surface area contributed by atoms with Gasteiger partial charge in [0.1, 0.15) is 17.6 Å². The van der Waals surface area contributed by atoms with E-state index < -0.39 is 58.4 Å². The molecule has 0 radical (unpaired) electrons. The standard InChI is InChI=1S/C24H28O10/c1-13-7-9-23(20(27)30-3)17(5-6-18(33-14(2)25)24(23,29)21(28)31-4)22(13)11-16(34-19(22)26)15-8-10-32-12-15/h7-8,10,12,16-18,29H,5-6,9,11H2,1-4H3/t16-,17+,18+,22+,23-,24+/m1/s1. The van der Waals surface area contributed by atoms with Crippen molar-refractivity contribution in [2.75, 3.05) is 14.2 Å². The topological polar surface area (TPSA) is 139 Å². The van der Waals surface area contributed by atoms with Crippen LogP contribution in [0.15, 0.2) is 34.7 Å². The quantitative estimate of drug-likeness (QED) is 0.390. The minimum atomic E-state index is -2.60. The molecule has 0 bridgehead atoms. The highest BCUT2D eigenvalue weighted by Gasteiger charge is 2.78. The second kappa shape index (κ2) is 8.26. The van der Waals surface area contributed by atoms with E-state index in [1.165, 1.54) is 12.5 Å². The zero-order chi connectivity index (χ0) is 24.9. The number of esters is 4. The molecule has 1 N–H and O–H groups in total. The van der Waals surface area contributed by atoms with Gasteiger partial charge in [-0.05, 0) is 38.2 Å². The molecule has 0 amide bonds. The van der Waals surface area contributed by atoms with E-state index in [1.54, 1.807) is 19.1 Å². The number of furan rings is 1. The van der Waals surface area contributed by atoms with Crippen LogP contribution in [0.2, 0.25) is 0 Å². The van der Waals surface area contributed by atoms with Gasteiger partial charge in [0.2, 0.25) is 5.60 Å². The largest absolute Gasteiger partial charge is 0.472 e. The maximum atomic E-state index is 13.6. The summed E-state index contributed by atoms with van der Waals surface area (Å²) in [6.07, 6.45) is 2.84. The third kappa shape index (κ3) is 2.97. The van der Waals surface area contributed by atoms with Gasteiger partial charge < -0.3 is 28.5 Å². The smallest absolute Gasteiger partial charge is 0.343 e. The zero-order valence-corrected chi connectivity index (χ0v) is 19.5. The van der Waals surface area contributed by atoms with E-state index in [0.717, 1.165) is 21.1 Å². The highest BCUT2D eigenvalue weighted by Crippen LogP contribution is 2.67. The molecule has 1 spiro atoms. The molecule has 184 valence electrons. The first-order chi connectivity index (χ1) is 16.1. The number of fused-ring (bicyclic) bond motifs is 2. The molecule has 10 nitrogen and oxygen atoms in total. The predicted molar refractivity (Wildman–Crippen MR) is 113 cm³/mol. The molecule has 6 atom stereocenters. The van der Waals surface area contributed by atoms with Gasteiger partial charge in [-0.2, -0.15) is 0 Å². The Balaban J connectivity index is 1.93. The van der Waals surface area contributed by atoms with Gasteiger partial charge in [-0.15, -0.1) is 0 Å². The van der Waals surface area contributed by atoms with E-state index in [2.05, 4.69) is 0 Å². The van der Waals surface area contributed by atoms with Crippen LogP contribution < -0.4 is 0 Å². The SMILES string of the molecule is COC(=O)[C@@]1(O)[C@@H](OC(C)=O)CC[C@H]2[C@]3(C[C@H](c4ccoc4)OC3=O)C(C)=CC[C@]21C(=O)OC. The van der Waals surface area contributed by atoms with Crippen molar-refractivity contribution in [1.82, 2.24) is 0 Å². The molecule has 34 heavy (non-hydrogen) atoms. The van der Waals surface area contributed by atoms with Crippen molar-refractivity contribution in [3.63, 3.8) is 0 Å². The van der Waals surface area contributed by atoms with Crippen molar-refractivity contribution in [1.29, 1.82) is 0 Å². The lowest BCUT2D eigenvalue weighted by Crippen LogP contribution is -2.73. The normalized spacial score (nSPS) is 36.8. The first-order valence-electron chi connectivity index (χ1n) is 11.1. The molecular weight excluding hydrogens is 448 g/mol. The summed E-state index contributed by atoms with van der Waals surface area (Å²) < 4.78 is 26.3. The summed E-state index contributed by atoms with van der Waals surface area (Å²) in [5, 5.41) is 12.0. The Morgan fingerprint density at radius 1 is 1.15 bits per heavy atom. The summed E-state index contributed by atoms with van der Waals surface area (Å²) in [5.41, 5.74) is -4.55. The predicted octanol–water partition coefficient (Wildman–Crippen LogP) is 2.01. The molecule has 10 heteroatoms. The summed E-state index contributed by atoms with van der Waals surface area (Å²) in [6.45, 7) is 2.92. The monoisotopic (exact) mass is 476 g/mol. The number of methoxy groups -OCH3 is 2. The Labute approximate surface area is 196 Å². The van der Waals surface area contributed by atoms with Crippen LogP contribution in [0.3, 0.4) is 0 Å². The fourth-order valence-corrected chi connectivity index (χ4v) is 6.34. The van der Waals surface area contributed by atoms with E-state index in [9.17, 15) is 24.3 Å². The number of carbonyl (C=O) groups is 4. The fourth-order valence-electron chi connectivity index (χ4n) is 6.34. The van der Waals surface area contributed by atoms with Gasteiger partial charge in [0.15, 0.2) is 0 Å². The van der Waals surface area contributed by atoms with Gasteiger partial charge in [-0.1, -0.05) is 11.6 Å². The number of cyclic esters (lactones) is 1. The van der Waals surface area contributed by atoms with Gasteiger partial charge in [0.05, 0.1) is 32.2 Å². The zero-order valence-electron chi connectivity index (χ0n) is 19.5. The highest BCUT2D eigenvalue weighted by molar-refractivity contribution is 5.95. The molecule has 1 aromatic heterocycles. The Bertz CT molecular complexity index is 1040. The molecule has 0 unspecified atom stereocenters. The summed E-state index contributed by atoms with van der Waals surface area (Å²) >= 11 is 0. The summed E-state index contributed by atoms with van der Waals surface area (Å²) in [6, 6.07) is 1.69. The molecular formula is C24H28O10. The molecule has 3 aliphatic rings. The minimum absolute atomic E-state index is 0.0211. The van der Waals surface area contributed by atoms with Crippen LogP contribution in [0.1, 0.15) is 51.2 Å². The van der Waals surface area contributed by atoms with Gasteiger partial charge in [0.25, 0.3) is 0 Å². The Morgan fingerprint density at radius 3 is 2.44 bits per heavy atom. The van der Waals surface area contributed by atoms with Crippen LogP contribution in [0, 0.1) is 16.7 Å². The number of ether oxygens (including phenoxy) is 4. The average Bonchev–Trinajstić information content (AvgIpc) is 3.46. The van der Waals surface area contributed by atoms with Crippen LogP contribution in [-0.4, -0.2) is 54.9 Å². The van der Waals surface area contributed by atoms with Gasteiger partial charge in [0, 0.05) is 18.9 Å². The van der Waals surface area contributed by atoms with E-state index in [-0.39, 0.29) is 25.7 Å². The molecule has 1 saturated heterocycles. The number of rotatable bonds is 4. The van der Waals surface area contributed by atoms with Crippen LogP contribution in [0.25, 0.3) is 0 Å². The molecule has 1 saturated carbocycles. The molecule has 2 aliphatic carbocycles. The van der Waals surface area contributed by atoms with Crippen molar-refractivity contribution in [2.24, 2.45) is 16.7 Å². The number of aliphatic hydroxyl groups is 1. The van der Waals surface area contributed by atoms with Gasteiger partial charge >= 0.3 is 23.9 Å². The van der Waals surface area contributed by atoms with Crippen LogP contribution in [0.4, 0.5) is 0 Å². The van der Waals surface area contributed by atoms with Crippen molar-refractivity contribution in [3.8, 4) is 0 Å². The lowest BCUT2D eigenvalue weighted by Gasteiger charge is -2.58. The average molecular weight is 476 g/mol. The fraction of sp³-hybridized carbons (Fsp3) is 0.583. The number of hydrogen-bond acceptors (Lipinski definition) is 10. The van der Waals surface area contributed by atoms with Crippen LogP contribution in [-0.2, 0) is 38.1 Å². The van der Waals surface area contributed by atoms with E-state index in [4.69, 9.17) is 23.4 Å². The first-order valence-corrected chi connectivity index (χ1v) is 11.1. The van der Waals surface area contributed by atoms with Crippen molar-refractivity contribution in [3.05, 3.63) is 35.8 Å². The number of carbonyl (C=O) groups excluding carboxylic acids is 4.